The van der Waals surface area contributed by atoms with Crippen LogP contribution in [0.3, 0.4) is 0 Å². The predicted molar refractivity (Wildman–Crippen MR) is 86.6 cm³/mol. The maximum atomic E-state index is 12.5. The summed E-state index contributed by atoms with van der Waals surface area (Å²) in [6, 6.07) is 0.817. The first-order valence-electron chi connectivity index (χ1n) is 9.22. The molecule has 0 aromatic heterocycles. The summed E-state index contributed by atoms with van der Waals surface area (Å²) in [5, 5.41) is 0. The Labute approximate surface area is 146 Å². The van der Waals surface area contributed by atoms with Gasteiger partial charge in [0.25, 0.3) is 0 Å². The van der Waals surface area contributed by atoms with Crippen molar-refractivity contribution in [1.82, 2.24) is 9.80 Å². The second-order valence-electron chi connectivity index (χ2n) is 7.43. The third-order valence-corrected chi connectivity index (χ3v) is 9.25. The normalized spacial score (nSPS) is 37.1. The molecule has 128 valence electrons. The zero-order chi connectivity index (χ0) is 15.5. The van der Waals surface area contributed by atoms with E-state index in [0.717, 1.165) is 54.9 Å². The molecule has 0 spiro atoms. The first-order valence-corrected chi connectivity index (χ1v) is 12.6. The fraction of sp³-hybridized carbons (Fsp3) is 0.944. The Morgan fingerprint density at radius 1 is 1.05 bits per heavy atom. The number of piperazine rings is 1. The van der Waals surface area contributed by atoms with Crippen LogP contribution in [0.2, 0.25) is 0 Å². The first-order chi connectivity index (χ1) is 10.7. The van der Waals surface area contributed by atoms with Crippen molar-refractivity contribution in [3.63, 3.8) is 0 Å². The van der Waals surface area contributed by atoms with E-state index in [1.807, 2.05) is 0 Å². The van der Waals surface area contributed by atoms with Crippen LogP contribution in [0, 0.1) is 11.8 Å². The summed E-state index contributed by atoms with van der Waals surface area (Å²) in [4.78, 5) is 19.8. The van der Waals surface area contributed by atoms with Gasteiger partial charge in [0.1, 0.15) is 0 Å². The fourth-order valence-electron chi connectivity index (χ4n) is 4.45. The van der Waals surface area contributed by atoms with Crippen molar-refractivity contribution in [2.45, 2.75) is 61.8 Å². The molecular formula is C18H32IN2O-. The van der Waals surface area contributed by atoms with Gasteiger partial charge >= 0.3 is 133 Å². The summed E-state index contributed by atoms with van der Waals surface area (Å²) in [6.07, 6.45) is 9.31. The molecule has 0 atom stereocenters. The second-order valence-corrected chi connectivity index (χ2v) is 10.4. The molecule has 1 saturated heterocycles. The molecule has 0 unspecified atom stereocenters. The number of alkyl halides is 2. The van der Waals surface area contributed by atoms with E-state index in [9.17, 15) is 4.79 Å². The van der Waals surface area contributed by atoms with Gasteiger partial charge in [-0.2, -0.15) is 0 Å². The van der Waals surface area contributed by atoms with Gasteiger partial charge in [-0.3, -0.25) is 0 Å². The molecule has 2 aliphatic carbocycles. The van der Waals surface area contributed by atoms with Crippen molar-refractivity contribution >= 4 is 5.91 Å². The van der Waals surface area contributed by atoms with Gasteiger partial charge in [0.05, 0.1) is 0 Å². The minimum atomic E-state index is 0.362. The number of carbonyl (C=O) groups excluding carboxylic acids is 1. The van der Waals surface area contributed by atoms with Crippen molar-refractivity contribution in [2.24, 2.45) is 11.8 Å². The molecule has 22 heavy (non-hydrogen) atoms. The van der Waals surface area contributed by atoms with E-state index in [1.54, 1.807) is 0 Å². The molecule has 3 aliphatic rings. The molecule has 3 fully saturated rings. The standard InChI is InChI=1S/C18H32IN2O/c1-3-14-12-15(13-14)18(22)21-10-8-20(9-11-21)17-6-4-16(19-2)5-7-17/h14-17H,3-13H2,1-2H3/q-1. The van der Waals surface area contributed by atoms with Gasteiger partial charge in [-0.25, -0.2) is 0 Å². The van der Waals surface area contributed by atoms with Crippen LogP contribution in [-0.4, -0.2) is 56.8 Å². The Balaban J connectivity index is 1.40. The van der Waals surface area contributed by atoms with Gasteiger partial charge in [-0.1, -0.05) is 13.3 Å². The molecule has 1 aliphatic heterocycles. The number of hydrogen-bond donors (Lipinski definition) is 0. The topological polar surface area (TPSA) is 23.6 Å². The quantitative estimate of drug-likeness (QED) is 0.458. The number of hydrogen-bond acceptors (Lipinski definition) is 2. The Morgan fingerprint density at radius 3 is 2.23 bits per heavy atom. The number of amides is 1. The number of halogens is 1. The van der Waals surface area contributed by atoms with E-state index in [-0.39, 0.29) is 0 Å². The van der Waals surface area contributed by atoms with Crippen LogP contribution in [0.5, 0.6) is 0 Å². The van der Waals surface area contributed by atoms with E-state index in [4.69, 9.17) is 0 Å². The average molecular weight is 419 g/mol. The Bertz CT molecular complexity index is 367. The average Bonchev–Trinajstić information content (AvgIpc) is 2.54. The number of rotatable bonds is 4. The van der Waals surface area contributed by atoms with Crippen LogP contribution in [0.15, 0.2) is 0 Å². The molecule has 2 saturated carbocycles. The molecule has 0 aromatic carbocycles. The van der Waals surface area contributed by atoms with Gasteiger partial charge in [0, 0.05) is 0 Å². The molecule has 4 heteroatoms. The van der Waals surface area contributed by atoms with Gasteiger partial charge < -0.3 is 0 Å². The Hall–Kier alpha value is 0.160. The predicted octanol–water partition coefficient (Wildman–Crippen LogP) is -0.403. The van der Waals surface area contributed by atoms with Crippen LogP contribution in [0.25, 0.3) is 0 Å². The van der Waals surface area contributed by atoms with Crippen LogP contribution in [0.1, 0.15) is 51.9 Å². The van der Waals surface area contributed by atoms with Gasteiger partial charge in [0.2, 0.25) is 0 Å². The van der Waals surface area contributed by atoms with E-state index in [0.29, 0.717) is 33.0 Å². The molecule has 0 N–H and O–H groups in total. The zero-order valence-corrected chi connectivity index (χ0v) is 16.4. The van der Waals surface area contributed by atoms with Crippen molar-refractivity contribution < 1.29 is 26.0 Å². The Kier molecular flexibility index (Phi) is 6.04. The van der Waals surface area contributed by atoms with Crippen molar-refractivity contribution in [2.75, 3.05) is 31.1 Å². The summed E-state index contributed by atoms with van der Waals surface area (Å²) < 4.78 is 1.09. The second kappa shape index (κ2) is 7.82. The molecular weight excluding hydrogens is 387 g/mol. The first kappa shape index (κ1) is 17.0. The third kappa shape index (κ3) is 3.80. The third-order valence-electron chi connectivity index (χ3n) is 6.24. The maximum absolute atomic E-state index is 12.5. The fourth-order valence-corrected chi connectivity index (χ4v) is 6.42. The van der Waals surface area contributed by atoms with Gasteiger partial charge in [-0.05, 0) is 0 Å². The van der Waals surface area contributed by atoms with E-state index >= 15 is 0 Å². The van der Waals surface area contributed by atoms with Crippen LogP contribution in [-0.2, 0) is 4.79 Å². The Morgan fingerprint density at radius 2 is 1.68 bits per heavy atom. The van der Waals surface area contributed by atoms with E-state index in [2.05, 4.69) is 21.7 Å². The van der Waals surface area contributed by atoms with Crippen molar-refractivity contribution in [1.29, 1.82) is 0 Å². The van der Waals surface area contributed by atoms with Crippen molar-refractivity contribution in [3.05, 3.63) is 0 Å². The summed E-state index contributed by atoms with van der Waals surface area (Å²) in [5.41, 5.74) is 0. The van der Waals surface area contributed by atoms with Crippen LogP contribution >= 0.6 is 0 Å². The van der Waals surface area contributed by atoms with E-state index in [1.165, 1.54) is 32.1 Å². The van der Waals surface area contributed by atoms with Crippen molar-refractivity contribution in [3.8, 4) is 0 Å². The molecule has 0 radical (unpaired) electrons. The van der Waals surface area contributed by atoms with Gasteiger partial charge in [0.15, 0.2) is 0 Å². The van der Waals surface area contributed by atoms with Gasteiger partial charge in [-0.15, -0.1) is 0 Å². The number of nitrogens with zero attached hydrogens (tertiary/aromatic N) is 2. The number of carbonyl (C=O) groups is 1. The summed E-state index contributed by atoms with van der Waals surface area (Å²) in [6.45, 7) is 6.44. The monoisotopic (exact) mass is 419 g/mol. The molecule has 0 bridgehead atoms. The van der Waals surface area contributed by atoms with Crippen LogP contribution in [0.4, 0.5) is 0 Å². The molecule has 3 rings (SSSR count). The summed E-state index contributed by atoms with van der Waals surface area (Å²) >= 11 is 0.452. The zero-order valence-electron chi connectivity index (χ0n) is 14.3. The molecule has 3 nitrogen and oxygen atoms in total. The van der Waals surface area contributed by atoms with E-state index < -0.39 is 0 Å². The minimum absolute atomic E-state index is 0.362. The molecule has 1 heterocycles. The van der Waals surface area contributed by atoms with Crippen LogP contribution < -0.4 is 21.2 Å². The molecule has 1 amide bonds. The molecule has 0 aromatic rings. The summed E-state index contributed by atoms with van der Waals surface area (Å²) in [7, 11) is 0. The SMILES string of the molecule is CCC1CC(C(=O)N2CCN(C3CCC([I-]C)CC3)CC2)C1. The summed E-state index contributed by atoms with van der Waals surface area (Å²) in [5.74, 6) is 1.65.